The van der Waals surface area contributed by atoms with Gasteiger partial charge in [0.25, 0.3) is 0 Å². The molecule has 0 aliphatic carbocycles. The Morgan fingerprint density at radius 3 is 2.31 bits per heavy atom. The second-order valence-corrected chi connectivity index (χ2v) is 7.54. The highest BCUT2D eigenvalue weighted by atomic mass is 32.2. The van der Waals surface area contributed by atoms with Crippen molar-refractivity contribution in [3.63, 3.8) is 0 Å². The molecule has 0 fully saturated rings. The van der Waals surface area contributed by atoms with Crippen molar-refractivity contribution in [2.75, 3.05) is 14.2 Å². The molecule has 2 rings (SSSR count). The lowest BCUT2D eigenvalue weighted by Crippen LogP contribution is -2.28. The molecule has 0 aliphatic rings. The van der Waals surface area contributed by atoms with Crippen LogP contribution in [0, 0.1) is 6.92 Å². The Hall–Kier alpha value is -2.38. The van der Waals surface area contributed by atoms with Crippen LogP contribution in [0.4, 0.5) is 0 Å². The first kappa shape index (κ1) is 19.9. The third-order valence-corrected chi connectivity index (χ3v) is 5.62. The smallest absolute Gasteiger partial charge is 0.338 e. The molecule has 0 aromatic heterocycles. The fourth-order valence-corrected chi connectivity index (χ4v) is 3.91. The van der Waals surface area contributed by atoms with Crippen LogP contribution < -0.4 is 9.46 Å². The van der Waals surface area contributed by atoms with Crippen LogP contribution in [0.25, 0.3) is 0 Å². The first-order valence-electron chi connectivity index (χ1n) is 8.17. The van der Waals surface area contributed by atoms with Crippen LogP contribution in [0.15, 0.2) is 47.4 Å². The first-order chi connectivity index (χ1) is 12.3. The zero-order valence-electron chi connectivity index (χ0n) is 15.3. The van der Waals surface area contributed by atoms with E-state index < -0.39 is 22.0 Å². The number of hydrogen-bond acceptors (Lipinski definition) is 5. The fourth-order valence-electron chi connectivity index (χ4n) is 2.58. The second kappa shape index (κ2) is 8.33. The third kappa shape index (κ3) is 4.42. The number of rotatable bonds is 7. The van der Waals surface area contributed by atoms with Crippen molar-refractivity contribution in [3.05, 3.63) is 59.2 Å². The molecular formula is C19H23NO5S. The Labute approximate surface area is 154 Å². The van der Waals surface area contributed by atoms with E-state index in [4.69, 9.17) is 9.47 Å². The van der Waals surface area contributed by atoms with Gasteiger partial charge in [0.1, 0.15) is 5.75 Å². The van der Waals surface area contributed by atoms with E-state index in [1.165, 1.54) is 19.2 Å². The molecule has 7 heteroatoms. The molecule has 140 valence electrons. The summed E-state index contributed by atoms with van der Waals surface area (Å²) in [5.74, 6) is 0.134. The topological polar surface area (TPSA) is 81.7 Å². The summed E-state index contributed by atoms with van der Waals surface area (Å²) in [7, 11) is -0.969. The van der Waals surface area contributed by atoms with E-state index in [9.17, 15) is 13.2 Å². The van der Waals surface area contributed by atoms with Gasteiger partial charge in [-0.05, 0) is 48.7 Å². The summed E-state index contributed by atoms with van der Waals surface area (Å²) >= 11 is 0. The highest BCUT2D eigenvalue weighted by molar-refractivity contribution is 7.89. The quantitative estimate of drug-likeness (QED) is 0.749. The van der Waals surface area contributed by atoms with Gasteiger partial charge in [-0.2, -0.15) is 0 Å². The van der Waals surface area contributed by atoms with Gasteiger partial charge in [0, 0.05) is 6.04 Å². The van der Waals surface area contributed by atoms with Crippen molar-refractivity contribution in [1.82, 2.24) is 4.72 Å². The zero-order valence-corrected chi connectivity index (χ0v) is 16.1. The van der Waals surface area contributed by atoms with Crippen molar-refractivity contribution in [2.45, 2.75) is 31.2 Å². The number of nitrogens with one attached hydrogen (secondary N) is 1. The maximum Gasteiger partial charge on any atom is 0.338 e. The minimum atomic E-state index is -3.81. The van der Waals surface area contributed by atoms with Gasteiger partial charge in [-0.15, -0.1) is 0 Å². The van der Waals surface area contributed by atoms with Gasteiger partial charge >= 0.3 is 5.97 Å². The molecule has 0 saturated heterocycles. The zero-order chi connectivity index (χ0) is 19.3. The molecule has 0 unspecified atom stereocenters. The summed E-state index contributed by atoms with van der Waals surface area (Å²) in [6.07, 6.45) is 0.571. The van der Waals surface area contributed by atoms with E-state index in [1.54, 1.807) is 32.2 Å². The molecule has 6 nitrogen and oxygen atoms in total. The van der Waals surface area contributed by atoms with E-state index in [-0.39, 0.29) is 10.5 Å². The average Bonchev–Trinajstić information content (AvgIpc) is 2.65. The predicted octanol–water partition coefficient (Wildman–Crippen LogP) is 3.22. The van der Waals surface area contributed by atoms with Crippen LogP contribution in [0.2, 0.25) is 0 Å². The number of methoxy groups -OCH3 is 2. The van der Waals surface area contributed by atoms with Gasteiger partial charge in [0.2, 0.25) is 10.0 Å². The Balaban J connectivity index is 2.32. The molecule has 1 N–H and O–H groups in total. The molecule has 0 spiro atoms. The van der Waals surface area contributed by atoms with Crippen LogP contribution in [0.3, 0.4) is 0 Å². The molecule has 0 saturated carbocycles. The number of carbonyl (C=O) groups excluding carboxylic acids is 1. The van der Waals surface area contributed by atoms with Crippen LogP contribution in [0.5, 0.6) is 5.75 Å². The lowest BCUT2D eigenvalue weighted by atomic mass is 10.1. The van der Waals surface area contributed by atoms with Gasteiger partial charge in [0.15, 0.2) is 0 Å². The Morgan fingerprint density at radius 1 is 1.12 bits per heavy atom. The number of benzene rings is 2. The Morgan fingerprint density at radius 2 is 1.77 bits per heavy atom. The van der Waals surface area contributed by atoms with E-state index in [0.29, 0.717) is 17.7 Å². The van der Waals surface area contributed by atoms with Gasteiger partial charge < -0.3 is 9.47 Å². The molecule has 1 atom stereocenters. The van der Waals surface area contributed by atoms with Crippen LogP contribution >= 0.6 is 0 Å². The highest BCUT2D eigenvalue weighted by Crippen LogP contribution is 2.23. The molecule has 26 heavy (non-hydrogen) atoms. The molecule has 2 aromatic carbocycles. The number of aryl methyl sites for hydroxylation is 1. The van der Waals surface area contributed by atoms with Crippen molar-refractivity contribution in [2.24, 2.45) is 0 Å². The number of ether oxygens (including phenoxy) is 2. The number of esters is 1. The molecule has 0 radical (unpaired) electrons. The summed E-state index contributed by atoms with van der Waals surface area (Å²) in [6, 6.07) is 11.2. The predicted molar refractivity (Wildman–Crippen MR) is 98.9 cm³/mol. The number of sulfonamides is 1. The molecule has 0 heterocycles. The highest BCUT2D eigenvalue weighted by Gasteiger charge is 2.22. The monoisotopic (exact) mass is 377 g/mol. The summed E-state index contributed by atoms with van der Waals surface area (Å²) in [5, 5.41) is 0. The lowest BCUT2D eigenvalue weighted by Gasteiger charge is -2.18. The Kier molecular flexibility index (Phi) is 6.39. The number of hydrogen-bond donors (Lipinski definition) is 1. The van der Waals surface area contributed by atoms with E-state index >= 15 is 0 Å². The first-order valence-corrected chi connectivity index (χ1v) is 9.66. The molecular weight excluding hydrogens is 354 g/mol. The fraction of sp³-hybridized carbons (Fsp3) is 0.316. The van der Waals surface area contributed by atoms with Crippen molar-refractivity contribution in [1.29, 1.82) is 0 Å². The minimum Gasteiger partial charge on any atom is -0.497 e. The van der Waals surface area contributed by atoms with Crippen LogP contribution in [-0.4, -0.2) is 28.6 Å². The van der Waals surface area contributed by atoms with Crippen molar-refractivity contribution in [3.8, 4) is 5.75 Å². The lowest BCUT2D eigenvalue weighted by molar-refractivity contribution is 0.0599. The van der Waals surface area contributed by atoms with E-state index in [2.05, 4.69) is 4.72 Å². The average molecular weight is 377 g/mol. The molecule has 0 aliphatic heterocycles. The SMILES string of the molecule is CC[C@@H](NS(=O)(=O)c1ccc(C)c(C(=O)OC)c1)c1ccc(OC)cc1. The maximum absolute atomic E-state index is 12.8. The van der Waals surface area contributed by atoms with Crippen LogP contribution in [-0.2, 0) is 14.8 Å². The van der Waals surface area contributed by atoms with E-state index in [1.807, 2.05) is 19.1 Å². The minimum absolute atomic E-state index is 0.0236. The second-order valence-electron chi connectivity index (χ2n) is 5.82. The van der Waals surface area contributed by atoms with Gasteiger partial charge in [-0.3, -0.25) is 0 Å². The van der Waals surface area contributed by atoms with Crippen molar-refractivity contribution >= 4 is 16.0 Å². The van der Waals surface area contributed by atoms with E-state index in [0.717, 1.165) is 5.56 Å². The molecule has 0 bridgehead atoms. The van der Waals surface area contributed by atoms with Crippen LogP contribution in [0.1, 0.15) is 40.9 Å². The Bertz CT molecular complexity index is 875. The normalized spacial score (nSPS) is 12.5. The summed E-state index contributed by atoms with van der Waals surface area (Å²) in [4.78, 5) is 11.8. The van der Waals surface area contributed by atoms with Gasteiger partial charge in [0.05, 0.1) is 24.7 Å². The summed E-state index contributed by atoms with van der Waals surface area (Å²) < 4.78 is 38.1. The van der Waals surface area contributed by atoms with Gasteiger partial charge in [-0.25, -0.2) is 17.9 Å². The third-order valence-electron chi connectivity index (χ3n) is 4.15. The summed E-state index contributed by atoms with van der Waals surface area (Å²) in [5.41, 5.74) is 1.71. The summed E-state index contributed by atoms with van der Waals surface area (Å²) in [6.45, 7) is 3.62. The maximum atomic E-state index is 12.8. The van der Waals surface area contributed by atoms with Crippen molar-refractivity contribution < 1.29 is 22.7 Å². The number of carbonyl (C=O) groups is 1. The molecule has 0 amide bonds. The molecule has 2 aromatic rings. The standard InChI is InChI=1S/C19H23NO5S/c1-5-18(14-7-9-15(24-3)10-8-14)20-26(22,23)16-11-6-13(2)17(12-16)19(21)25-4/h6-12,18,20H,5H2,1-4H3/t18-/m1/s1. The van der Waals surface area contributed by atoms with Gasteiger partial charge in [-0.1, -0.05) is 25.1 Å². The largest absolute Gasteiger partial charge is 0.497 e.